The molecule has 2 fully saturated rings. The van der Waals surface area contributed by atoms with E-state index in [1.165, 1.54) is 56.9 Å². The fraction of sp³-hybridized carbons (Fsp3) is 0.652. The normalized spacial score (nSPS) is 29.0. The summed E-state index contributed by atoms with van der Waals surface area (Å²) < 4.78 is 38.9. The predicted octanol–water partition coefficient (Wildman–Crippen LogP) is 6.89. The van der Waals surface area contributed by atoms with Crippen LogP contribution in [0.2, 0.25) is 0 Å². The van der Waals surface area contributed by atoms with Crippen LogP contribution in [0, 0.1) is 35.3 Å². The highest BCUT2D eigenvalue weighted by Crippen LogP contribution is 2.41. The molecule has 3 rings (SSSR count). The van der Waals surface area contributed by atoms with Crippen LogP contribution in [0.3, 0.4) is 0 Å². The maximum Gasteiger partial charge on any atom is 0.205 e. The van der Waals surface area contributed by atoms with Gasteiger partial charge in [-0.1, -0.05) is 25.8 Å². The summed E-state index contributed by atoms with van der Waals surface area (Å²) in [5, 5.41) is 0. The Hall–Kier alpha value is -1.58. The van der Waals surface area contributed by atoms with Gasteiger partial charge in [0, 0.05) is 0 Å². The SMILES string of the molecule is C/C=C/Oc1ccc(OCC2CCC(C3CCC(C)CC3)CC2)c(F)c1F. The number of halogens is 2. The molecule has 150 valence electrons. The van der Waals surface area contributed by atoms with Gasteiger partial charge in [0.15, 0.2) is 11.5 Å². The molecule has 0 aliphatic heterocycles. The number of hydrogen-bond acceptors (Lipinski definition) is 2. The predicted molar refractivity (Wildman–Crippen MR) is 104 cm³/mol. The molecule has 0 amide bonds. The lowest BCUT2D eigenvalue weighted by Crippen LogP contribution is -2.27. The summed E-state index contributed by atoms with van der Waals surface area (Å²) in [6.45, 7) is 4.57. The van der Waals surface area contributed by atoms with E-state index in [0.29, 0.717) is 12.5 Å². The average Bonchev–Trinajstić information content (AvgIpc) is 2.69. The molecular formula is C23H32F2O2. The minimum atomic E-state index is -0.999. The Bertz CT molecular complexity index is 628. The molecule has 1 aromatic rings. The van der Waals surface area contributed by atoms with Crippen LogP contribution < -0.4 is 9.47 Å². The van der Waals surface area contributed by atoms with E-state index in [1.54, 1.807) is 13.0 Å². The van der Waals surface area contributed by atoms with Crippen molar-refractivity contribution < 1.29 is 18.3 Å². The van der Waals surface area contributed by atoms with Gasteiger partial charge in [-0.2, -0.15) is 8.78 Å². The number of ether oxygens (including phenoxy) is 2. The van der Waals surface area contributed by atoms with Gasteiger partial charge in [0.1, 0.15) is 0 Å². The molecule has 1 aromatic carbocycles. The average molecular weight is 379 g/mol. The minimum absolute atomic E-state index is 0.0243. The molecule has 0 heterocycles. The van der Waals surface area contributed by atoms with Crippen molar-refractivity contribution in [3.63, 3.8) is 0 Å². The number of allylic oxidation sites excluding steroid dienone is 1. The Kier molecular flexibility index (Phi) is 7.14. The molecule has 2 aliphatic rings. The van der Waals surface area contributed by atoms with Gasteiger partial charge in [0.25, 0.3) is 0 Å². The Balaban J connectivity index is 1.47. The molecular weight excluding hydrogens is 346 g/mol. The van der Waals surface area contributed by atoms with Crippen LogP contribution in [0.5, 0.6) is 11.5 Å². The zero-order chi connectivity index (χ0) is 19.2. The molecule has 2 nitrogen and oxygen atoms in total. The molecule has 0 saturated heterocycles. The van der Waals surface area contributed by atoms with Gasteiger partial charge < -0.3 is 9.47 Å². The largest absolute Gasteiger partial charge is 0.490 e. The summed E-state index contributed by atoms with van der Waals surface area (Å²) in [5.74, 6) is 0.971. The second-order valence-electron chi connectivity index (χ2n) is 8.39. The molecule has 0 spiro atoms. The first-order chi connectivity index (χ1) is 13.1. The van der Waals surface area contributed by atoms with Crippen molar-refractivity contribution >= 4 is 0 Å². The van der Waals surface area contributed by atoms with Crippen molar-refractivity contribution in [2.75, 3.05) is 6.61 Å². The minimum Gasteiger partial charge on any atom is -0.490 e. The van der Waals surface area contributed by atoms with E-state index in [0.717, 1.165) is 30.6 Å². The van der Waals surface area contributed by atoms with Crippen molar-refractivity contribution in [2.45, 2.75) is 65.2 Å². The van der Waals surface area contributed by atoms with Crippen molar-refractivity contribution in [3.05, 3.63) is 36.1 Å². The second kappa shape index (κ2) is 9.57. The Morgan fingerprint density at radius 3 is 2.07 bits per heavy atom. The van der Waals surface area contributed by atoms with Gasteiger partial charge in [-0.15, -0.1) is 0 Å². The van der Waals surface area contributed by atoms with Gasteiger partial charge in [0.2, 0.25) is 11.6 Å². The molecule has 0 radical (unpaired) electrons. The molecule has 0 atom stereocenters. The van der Waals surface area contributed by atoms with Gasteiger partial charge in [-0.25, -0.2) is 0 Å². The van der Waals surface area contributed by atoms with E-state index in [-0.39, 0.29) is 11.5 Å². The first-order valence-corrected chi connectivity index (χ1v) is 10.5. The molecule has 27 heavy (non-hydrogen) atoms. The first kappa shape index (κ1) is 20.2. The Labute approximate surface area is 161 Å². The van der Waals surface area contributed by atoms with Crippen molar-refractivity contribution in [1.82, 2.24) is 0 Å². The summed E-state index contributed by atoms with van der Waals surface area (Å²) in [6.07, 6.45) is 13.2. The third kappa shape index (κ3) is 5.24. The smallest absolute Gasteiger partial charge is 0.205 e. The topological polar surface area (TPSA) is 18.5 Å². The van der Waals surface area contributed by atoms with Crippen molar-refractivity contribution in [1.29, 1.82) is 0 Å². The van der Waals surface area contributed by atoms with E-state index in [1.807, 2.05) is 0 Å². The van der Waals surface area contributed by atoms with E-state index < -0.39 is 11.6 Å². The number of benzene rings is 1. The molecule has 4 heteroatoms. The van der Waals surface area contributed by atoms with Crippen LogP contribution in [0.4, 0.5) is 8.78 Å². The number of rotatable bonds is 6. The fourth-order valence-electron chi connectivity index (χ4n) is 4.65. The standard InChI is InChI=1S/C23H32F2O2/c1-3-14-26-20-12-13-21(23(25)22(20)24)27-15-17-6-10-19(11-7-17)18-8-4-16(2)5-9-18/h3,12-14,16-19H,4-11,15H2,1-2H3/b14-3+. The zero-order valence-corrected chi connectivity index (χ0v) is 16.6. The highest BCUT2D eigenvalue weighted by atomic mass is 19.2. The van der Waals surface area contributed by atoms with E-state index >= 15 is 0 Å². The molecule has 0 aromatic heterocycles. The van der Waals surface area contributed by atoms with Crippen molar-refractivity contribution in [2.24, 2.45) is 23.7 Å². The van der Waals surface area contributed by atoms with E-state index in [2.05, 4.69) is 6.92 Å². The van der Waals surface area contributed by atoms with Gasteiger partial charge in [0.05, 0.1) is 12.9 Å². The summed E-state index contributed by atoms with van der Waals surface area (Å²) in [6, 6.07) is 2.86. The second-order valence-corrected chi connectivity index (χ2v) is 8.39. The highest BCUT2D eigenvalue weighted by molar-refractivity contribution is 5.35. The zero-order valence-electron chi connectivity index (χ0n) is 16.6. The van der Waals surface area contributed by atoms with Crippen molar-refractivity contribution in [3.8, 4) is 11.5 Å². The summed E-state index contributed by atoms with van der Waals surface area (Å²) in [5.41, 5.74) is 0. The van der Waals surface area contributed by atoms with Crippen LogP contribution in [0.25, 0.3) is 0 Å². The quantitative estimate of drug-likeness (QED) is 0.502. The molecule has 0 N–H and O–H groups in total. The summed E-state index contributed by atoms with van der Waals surface area (Å²) in [7, 11) is 0. The fourth-order valence-corrected chi connectivity index (χ4v) is 4.65. The summed E-state index contributed by atoms with van der Waals surface area (Å²) in [4.78, 5) is 0. The third-order valence-corrected chi connectivity index (χ3v) is 6.44. The van der Waals surface area contributed by atoms with Crippen LogP contribution >= 0.6 is 0 Å². The van der Waals surface area contributed by atoms with E-state index in [4.69, 9.17) is 9.47 Å². The monoisotopic (exact) mass is 378 g/mol. The van der Waals surface area contributed by atoms with Crippen LogP contribution in [-0.4, -0.2) is 6.61 Å². The van der Waals surface area contributed by atoms with Crippen LogP contribution in [0.15, 0.2) is 24.5 Å². The maximum atomic E-state index is 14.2. The van der Waals surface area contributed by atoms with Gasteiger partial charge >= 0.3 is 0 Å². The first-order valence-electron chi connectivity index (χ1n) is 10.5. The molecule has 2 saturated carbocycles. The van der Waals surface area contributed by atoms with Crippen LogP contribution in [-0.2, 0) is 0 Å². The number of hydrogen-bond donors (Lipinski definition) is 0. The summed E-state index contributed by atoms with van der Waals surface area (Å²) >= 11 is 0. The maximum absolute atomic E-state index is 14.2. The van der Waals surface area contributed by atoms with Gasteiger partial charge in [-0.3, -0.25) is 0 Å². The molecule has 0 bridgehead atoms. The lowest BCUT2D eigenvalue weighted by Gasteiger charge is -2.37. The van der Waals surface area contributed by atoms with Gasteiger partial charge in [-0.05, 0) is 81.3 Å². The third-order valence-electron chi connectivity index (χ3n) is 6.44. The van der Waals surface area contributed by atoms with E-state index in [9.17, 15) is 8.78 Å². The Morgan fingerprint density at radius 1 is 0.889 bits per heavy atom. The lowest BCUT2D eigenvalue weighted by atomic mass is 9.69. The van der Waals surface area contributed by atoms with Crippen LogP contribution in [0.1, 0.15) is 65.2 Å². The molecule has 0 unspecified atom stereocenters. The Morgan fingerprint density at radius 2 is 1.44 bits per heavy atom. The molecule has 2 aliphatic carbocycles. The highest BCUT2D eigenvalue weighted by Gasteiger charge is 2.30. The lowest BCUT2D eigenvalue weighted by molar-refractivity contribution is 0.124.